The van der Waals surface area contributed by atoms with E-state index in [1.165, 1.54) is 30.3 Å². The summed E-state index contributed by atoms with van der Waals surface area (Å²) in [6, 6.07) is 14.0. The molecule has 6 heteroatoms. The Morgan fingerprint density at radius 2 is 1.57 bits per heavy atom. The van der Waals surface area contributed by atoms with E-state index in [1.54, 1.807) is 24.3 Å². The molecule has 35 heavy (non-hydrogen) atoms. The fourth-order valence-corrected chi connectivity index (χ4v) is 4.53. The van der Waals surface area contributed by atoms with Crippen LogP contribution in [0.25, 0.3) is 11.1 Å². The Balaban J connectivity index is 1.45. The van der Waals surface area contributed by atoms with E-state index in [2.05, 4.69) is 6.92 Å². The molecule has 4 rings (SSSR count). The number of ether oxygens (including phenoxy) is 2. The van der Waals surface area contributed by atoms with Gasteiger partial charge in [0.2, 0.25) is 5.82 Å². The lowest BCUT2D eigenvalue weighted by atomic mass is 9.79. The highest BCUT2D eigenvalue weighted by molar-refractivity contribution is 5.91. The van der Waals surface area contributed by atoms with Crippen LogP contribution in [0.3, 0.4) is 0 Å². The number of benzene rings is 3. The smallest absolute Gasteiger partial charge is 0.343 e. The summed E-state index contributed by atoms with van der Waals surface area (Å²) in [4.78, 5) is 12.6. The summed E-state index contributed by atoms with van der Waals surface area (Å²) in [5.74, 6) is -3.11. The predicted octanol–water partition coefficient (Wildman–Crippen LogP) is 7.82. The fourth-order valence-electron chi connectivity index (χ4n) is 4.53. The molecule has 3 nitrogen and oxygen atoms in total. The molecule has 184 valence electrons. The van der Waals surface area contributed by atoms with Crippen LogP contribution in [-0.2, 0) is 11.3 Å². The highest BCUT2D eigenvalue weighted by Gasteiger charge is 2.26. The Morgan fingerprint density at radius 3 is 2.23 bits per heavy atom. The second-order valence-corrected chi connectivity index (χ2v) is 9.15. The Hall–Kier alpha value is -3.12. The molecular weight excluding hydrogens is 453 g/mol. The first-order valence-electron chi connectivity index (χ1n) is 12.0. The summed E-state index contributed by atoms with van der Waals surface area (Å²) in [5.41, 5.74) is 2.33. The average Bonchev–Trinajstić information content (AvgIpc) is 2.87. The first-order chi connectivity index (χ1) is 16.9. The van der Waals surface area contributed by atoms with Crippen LogP contribution in [0.2, 0.25) is 0 Å². The van der Waals surface area contributed by atoms with E-state index < -0.39 is 23.4 Å². The number of carbonyl (C=O) groups excluding carboxylic acids is 1. The van der Waals surface area contributed by atoms with E-state index in [1.807, 2.05) is 6.92 Å². The Bertz CT molecular complexity index is 1180. The molecule has 0 radical (unpaired) electrons. The van der Waals surface area contributed by atoms with Gasteiger partial charge >= 0.3 is 5.97 Å². The van der Waals surface area contributed by atoms with E-state index in [9.17, 15) is 18.0 Å². The van der Waals surface area contributed by atoms with Crippen molar-refractivity contribution in [2.45, 2.75) is 52.1 Å². The van der Waals surface area contributed by atoms with Crippen molar-refractivity contribution in [1.82, 2.24) is 0 Å². The minimum Gasteiger partial charge on any atom is -0.420 e. The van der Waals surface area contributed by atoms with Crippen molar-refractivity contribution in [3.8, 4) is 16.9 Å². The van der Waals surface area contributed by atoms with Gasteiger partial charge in [0.25, 0.3) is 0 Å². The van der Waals surface area contributed by atoms with Gasteiger partial charge in [-0.15, -0.1) is 0 Å². The first kappa shape index (κ1) is 25.0. The van der Waals surface area contributed by atoms with Crippen molar-refractivity contribution in [3.05, 3.63) is 88.7 Å². The molecular formula is C29H29F3O3. The van der Waals surface area contributed by atoms with Gasteiger partial charge in [0.05, 0.1) is 12.2 Å². The number of carbonyl (C=O) groups is 1. The van der Waals surface area contributed by atoms with Crippen molar-refractivity contribution >= 4 is 5.97 Å². The maximum atomic E-state index is 14.8. The number of rotatable bonds is 7. The molecule has 0 unspecified atom stereocenters. The molecule has 0 spiro atoms. The van der Waals surface area contributed by atoms with E-state index in [0.29, 0.717) is 34.8 Å². The normalized spacial score (nSPS) is 17.9. The molecule has 1 fully saturated rings. The van der Waals surface area contributed by atoms with E-state index in [4.69, 9.17) is 9.47 Å². The summed E-state index contributed by atoms with van der Waals surface area (Å²) < 4.78 is 54.2. The molecule has 3 aromatic rings. The zero-order chi connectivity index (χ0) is 24.9. The van der Waals surface area contributed by atoms with Crippen LogP contribution in [-0.4, -0.2) is 12.6 Å². The second-order valence-electron chi connectivity index (χ2n) is 9.15. The third-order valence-electron chi connectivity index (χ3n) is 6.70. The van der Waals surface area contributed by atoms with Gasteiger partial charge in [-0.1, -0.05) is 50.1 Å². The van der Waals surface area contributed by atoms with Gasteiger partial charge < -0.3 is 9.47 Å². The van der Waals surface area contributed by atoms with Crippen LogP contribution in [0.5, 0.6) is 5.75 Å². The van der Waals surface area contributed by atoms with Gasteiger partial charge in [-0.2, -0.15) is 4.39 Å². The Labute approximate surface area is 203 Å². The zero-order valence-electron chi connectivity index (χ0n) is 20.0. The molecule has 0 atom stereocenters. The average molecular weight is 483 g/mol. The highest BCUT2D eigenvalue weighted by Crippen LogP contribution is 2.38. The van der Waals surface area contributed by atoms with Crippen molar-refractivity contribution < 1.29 is 27.4 Å². The molecule has 0 aliphatic heterocycles. The van der Waals surface area contributed by atoms with Crippen molar-refractivity contribution in [3.63, 3.8) is 0 Å². The van der Waals surface area contributed by atoms with Crippen molar-refractivity contribution in [1.29, 1.82) is 0 Å². The SMILES string of the molecule is CCOCc1ccc(-c2ccc(C(=O)Oc3ccc(C4CCC(C)CC4)c(F)c3F)cc2)cc1F. The van der Waals surface area contributed by atoms with E-state index in [0.717, 1.165) is 25.7 Å². The number of hydrogen-bond donors (Lipinski definition) is 0. The van der Waals surface area contributed by atoms with Gasteiger partial charge in [0.15, 0.2) is 11.6 Å². The van der Waals surface area contributed by atoms with Gasteiger partial charge in [0.1, 0.15) is 5.82 Å². The largest absolute Gasteiger partial charge is 0.420 e. The first-order valence-corrected chi connectivity index (χ1v) is 12.0. The summed E-state index contributed by atoms with van der Waals surface area (Å²) >= 11 is 0. The molecule has 1 saturated carbocycles. The van der Waals surface area contributed by atoms with Crippen LogP contribution >= 0.6 is 0 Å². The molecule has 0 saturated heterocycles. The molecule has 0 bridgehead atoms. The van der Waals surface area contributed by atoms with Crippen molar-refractivity contribution in [2.24, 2.45) is 5.92 Å². The number of esters is 1. The summed E-state index contributed by atoms with van der Waals surface area (Å²) in [6.45, 7) is 4.71. The standard InChI is InChI=1S/C29H29F3O3/c1-3-34-17-23-13-12-22(16-25(23)30)19-8-10-21(11-9-19)29(33)35-26-15-14-24(27(31)28(26)32)20-6-4-18(2)5-7-20/h8-16,18,20H,3-7,17H2,1-2H3. The molecule has 0 aromatic heterocycles. The molecule has 1 aliphatic carbocycles. The maximum Gasteiger partial charge on any atom is 0.343 e. The van der Waals surface area contributed by atoms with Gasteiger partial charge in [0, 0.05) is 12.2 Å². The van der Waals surface area contributed by atoms with Crippen LogP contribution < -0.4 is 4.74 Å². The fraction of sp³-hybridized carbons (Fsp3) is 0.345. The predicted molar refractivity (Wildman–Crippen MR) is 129 cm³/mol. The van der Waals surface area contributed by atoms with Crippen LogP contribution in [0.1, 0.15) is 66.9 Å². The lowest BCUT2D eigenvalue weighted by Crippen LogP contribution is -2.14. The second kappa shape index (κ2) is 11.1. The van der Waals surface area contributed by atoms with Gasteiger partial charge in [-0.25, -0.2) is 13.6 Å². The van der Waals surface area contributed by atoms with Crippen molar-refractivity contribution in [2.75, 3.05) is 6.61 Å². The van der Waals surface area contributed by atoms with Crippen LogP contribution in [0.15, 0.2) is 54.6 Å². The van der Waals surface area contributed by atoms with Gasteiger partial charge in [-0.05, 0) is 72.6 Å². The summed E-state index contributed by atoms with van der Waals surface area (Å²) in [5, 5.41) is 0. The Kier molecular flexibility index (Phi) is 7.91. The lowest BCUT2D eigenvalue weighted by Gasteiger charge is -2.27. The minimum absolute atomic E-state index is 0.0175. The molecule has 0 N–H and O–H groups in total. The number of hydrogen-bond acceptors (Lipinski definition) is 3. The molecule has 0 heterocycles. The molecule has 0 amide bonds. The maximum absolute atomic E-state index is 14.8. The minimum atomic E-state index is -1.14. The quantitative estimate of drug-likeness (QED) is 0.254. The van der Waals surface area contributed by atoms with Crippen LogP contribution in [0.4, 0.5) is 13.2 Å². The molecule has 3 aromatic carbocycles. The zero-order valence-corrected chi connectivity index (χ0v) is 20.0. The van der Waals surface area contributed by atoms with Gasteiger partial charge in [-0.3, -0.25) is 0 Å². The number of halogens is 3. The van der Waals surface area contributed by atoms with E-state index >= 15 is 0 Å². The topological polar surface area (TPSA) is 35.5 Å². The monoisotopic (exact) mass is 482 g/mol. The van der Waals surface area contributed by atoms with Crippen LogP contribution in [0, 0.1) is 23.4 Å². The third-order valence-corrected chi connectivity index (χ3v) is 6.70. The summed E-state index contributed by atoms with van der Waals surface area (Å²) in [6.07, 6.45) is 3.62. The lowest BCUT2D eigenvalue weighted by molar-refractivity contribution is 0.0726. The third kappa shape index (κ3) is 5.76. The molecule has 1 aliphatic rings. The van der Waals surface area contributed by atoms with E-state index in [-0.39, 0.29) is 23.9 Å². The highest BCUT2D eigenvalue weighted by atomic mass is 19.2. The Morgan fingerprint density at radius 1 is 0.886 bits per heavy atom. The summed E-state index contributed by atoms with van der Waals surface area (Å²) in [7, 11) is 0.